The predicted molar refractivity (Wildman–Crippen MR) is 108 cm³/mol. The van der Waals surface area contributed by atoms with E-state index in [4.69, 9.17) is 11.6 Å². The van der Waals surface area contributed by atoms with Gasteiger partial charge in [0.05, 0.1) is 21.6 Å². The summed E-state index contributed by atoms with van der Waals surface area (Å²) in [5, 5.41) is 2.93. The normalized spacial score (nSPS) is 14.2. The maximum Gasteiger partial charge on any atom is 0.261 e. The lowest BCUT2D eigenvalue weighted by Gasteiger charge is -2.16. The van der Waals surface area contributed by atoms with Gasteiger partial charge in [0.15, 0.2) is 5.82 Å². The van der Waals surface area contributed by atoms with Crippen molar-refractivity contribution in [2.24, 2.45) is 0 Å². The molecule has 1 N–H and O–H groups in total. The second-order valence-electron chi connectivity index (χ2n) is 6.94. The fourth-order valence-corrected chi connectivity index (χ4v) is 3.71. The van der Waals surface area contributed by atoms with Gasteiger partial charge in [0.1, 0.15) is 5.82 Å². The van der Waals surface area contributed by atoms with E-state index >= 15 is 0 Å². The number of aromatic nitrogens is 2. The van der Waals surface area contributed by atoms with E-state index in [0.29, 0.717) is 23.0 Å². The number of nitrogens with zero attached hydrogens (tertiary/aromatic N) is 2. The molecule has 0 spiro atoms. The Morgan fingerprint density at radius 1 is 1.14 bits per heavy atom. The molecule has 144 valence electrons. The van der Waals surface area contributed by atoms with Gasteiger partial charge in [-0.05, 0) is 43.2 Å². The molecule has 4 rings (SSSR count). The zero-order valence-electron chi connectivity index (χ0n) is 15.2. The van der Waals surface area contributed by atoms with Crippen LogP contribution < -0.4 is 10.9 Å². The van der Waals surface area contributed by atoms with Crippen LogP contribution in [0.4, 0.5) is 10.1 Å². The maximum absolute atomic E-state index is 14.0. The van der Waals surface area contributed by atoms with E-state index in [9.17, 15) is 14.0 Å². The van der Waals surface area contributed by atoms with Crippen molar-refractivity contribution in [3.63, 3.8) is 0 Å². The largest absolute Gasteiger partial charge is 0.319 e. The van der Waals surface area contributed by atoms with Crippen LogP contribution in [0, 0.1) is 5.82 Å². The smallest absolute Gasteiger partial charge is 0.261 e. The van der Waals surface area contributed by atoms with Crippen molar-refractivity contribution < 1.29 is 9.18 Å². The highest BCUT2D eigenvalue weighted by molar-refractivity contribution is 6.31. The predicted octanol–water partition coefficient (Wildman–Crippen LogP) is 4.56. The Bertz CT molecular complexity index is 1130. The van der Waals surface area contributed by atoms with E-state index in [1.807, 2.05) is 0 Å². The molecule has 1 aromatic heterocycles. The molecule has 28 heavy (non-hydrogen) atoms. The van der Waals surface area contributed by atoms with Crippen molar-refractivity contribution in [2.75, 3.05) is 5.32 Å². The number of hydrogen-bond donors (Lipinski definition) is 1. The van der Waals surface area contributed by atoms with Crippen molar-refractivity contribution in [3.8, 4) is 0 Å². The molecule has 5 nitrogen and oxygen atoms in total. The van der Waals surface area contributed by atoms with Crippen molar-refractivity contribution in [1.82, 2.24) is 9.55 Å². The molecular formula is C21H19ClFN3O2. The summed E-state index contributed by atoms with van der Waals surface area (Å²) in [5.74, 6) is -0.414. The van der Waals surface area contributed by atoms with Crippen LogP contribution in [0.1, 0.15) is 41.9 Å². The van der Waals surface area contributed by atoms with Crippen LogP contribution in [0.25, 0.3) is 10.9 Å². The molecule has 2 aromatic carbocycles. The topological polar surface area (TPSA) is 64.0 Å². The van der Waals surface area contributed by atoms with Crippen LogP contribution in [0.15, 0.2) is 41.2 Å². The van der Waals surface area contributed by atoms with Crippen molar-refractivity contribution in [3.05, 3.63) is 69.0 Å². The summed E-state index contributed by atoms with van der Waals surface area (Å²) in [7, 11) is 0. The SMILES string of the molecule is O=C(Nc1cccc(Cl)c1F)c1ccc2c(=O)n3c(nc2c1)CCCCCC3. The van der Waals surface area contributed by atoms with E-state index in [2.05, 4.69) is 10.3 Å². The Kier molecular flexibility index (Phi) is 5.13. The maximum atomic E-state index is 14.0. The van der Waals surface area contributed by atoms with E-state index in [1.54, 1.807) is 28.8 Å². The molecule has 1 aliphatic rings. The van der Waals surface area contributed by atoms with Crippen LogP contribution in [0.3, 0.4) is 0 Å². The quantitative estimate of drug-likeness (QED) is 0.687. The summed E-state index contributed by atoms with van der Waals surface area (Å²) in [5.41, 5.74) is 0.712. The Balaban J connectivity index is 1.71. The Labute approximate surface area is 166 Å². The minimum Gasteiger partial charge on any atom is -0.319 e. The highest BCUT2D eigenvalue weighted by atomic mass is 35.5. The van der Waals surface area contributed by atoms with Crippen LogP contribution in [-0.2, 0) is 13.0 Å². The fraction of sp³-hybridized carbons (Fsp3) is 0.286. The zero-order valence-corrected chi connectivity index (χ0v) is 15.9. The number of benzene rings is 2. The van der Waals surface area contributed by atoms with Gasteiger partial charge in [0, 0.05) is 18.5 Å². The average Bonchev–Trinajstić information content (AvgIpc) is 2.66. The van der Waals surface area contributed by atoms with Crippen molar-refractivity contribution >= 4 is 34.1 Å². The molecule has 0 radical (unpaired) electrons. The molecular weight excluding hydrogens is 381 g/mol. The third-order valence-electron chi connectivity index (χ3n) is 5.03. The minimum absolute atomic E-state index is 0.00352. The lowest BCUT2D eigenvalue weighted by atomic mass is 10.1. The Morgan fingerprint density at radius 3 is 2.82 bits per heavy atom. The number of carbonyl (C=O) groups excluding carboxylic acids is 1. The highest BCUT2D eigenvalue weighted by Crippen LogP contribution is 2.23. The monoisotopic (exact) mass is 399 g/mol. The van der Waals surface area contributed by atoms with Crippen molar-refractivity contribution in [2.45, 2.75) is 38.6 Å². The first-order valence-corrected chi connectivity index (χ1v) is 9.71. The van der Waals surface area contributed by atoms with Gasteiger partial charge in [-0.15, -0.1) is 0 Å². The number of nitrogens with one attached hydrogen (secondary N) is 1. The van der Waals surface area contributed by atoms with Crippen molar-refractivity contribution in [1.29, 1.82) is 0 Å². The number of halogens is 2. The third kappa shape index (κ3) is 3.52. The first-order valence-electron chi connectivity index (χ1n) is 9.33. The van der Waals surface area contributed by atoms with Gasteiger partial charge in [-0.2, -0.15) is 0 Å². The molecule has 0 unspecified atom stereocenters. The molecule has 0 atom stereocenters. The van der Waals surface area contributed by atoms with Gasteiger partial charge in [-0.1, -0.05) is 30.5 Å². The summed E-state index contributed by atoms with van der Waals surface area (Å²) in [6, 6.07) is 9.15. The second-order valence-corrected chi connectivity index (χ2v) is 7.34. The van der Waals surface area contributed by atoms with E-state index in [-0.39, 0.29) is 16.3 Å². The standard InChI is InChI=1S/C21H19ClFN3O2/c22-15-6-5-7-16(19(15)23)25-20(27)13-9-10-14-17(12-13)24-18-8-3-1-2-4-11-26(18)21(14)28/h5-7,9-10,12H,1-4,8,11H2,(H,25,27). The molecule has 7 heteroatoms. The number of rotatable bonds is 2. The lowest BCUT2D eigenvalue weighted by Crippen LogP contribution is -2.26. The van der Waals surface area contributed by atoms with Crippen LogP contribution in [-0.4, -0.2) is 15.5 Å². The molecule has 1 amide bonds. The van der Waals surface area contributed by atoms with Gasteiger partial charge >= 0.3 is 0 Å². The van der Waals surface area contributed by atoms with Gasteiger partial charge < -0.3 is 5.32 Å². The number of fused-ring (bicyclic) bond motifs is 2. The van der Waals surface area contributed by atoms with E-state index in [0.717, 1.165) is 37.9 Å². The Hall–Kier alpha value is -2.73. The van der Waals surface area contributed by atoms with E-state index < -0.39 is 11.7 Å². The summed E-state index contributed by atoms with van der Waals surface area (Å²) < 4.78 is 15.8. The molecule has 2 heterocycles. The number of carbonyl (C=O) groups is 1. The van der Waals surface area contributed by atoms with Gasteiger partial charge in [0.2, 0.25) is 0 Å². The summed E-state index contributed by atoms with van der Waals surface area (Å²) in [6.45, 7) is 0.674. The molecule has 1 aliphatic heterocycles. The van der Waals surface area contributed by atoms with Gasteiger partial charge in [-0.3, -0.25) is 14.2 Å². The zero-order chi connectivity index (χ0) is 19.7. The third-order valence-corrected chi connectivity index (χ3v) is 5.32. The molecule has 0 fully saturated rings. The number of aryl methyl sites for hydroxylation is 1. The minimum atomic E-state index is -0.684. The van der Waals surface area contributed by atoms with Gasteiger partial charge in [-0.25, -0.2) is 9.37 Å². The highest BCUT2D eigenvalue weighted by Gasteiger charge is 2.16. The summed E-state index contributed by atoms with van der Waals surface area (Å²) >= 11 is 5.76. The van der Waals surface area contributed by atoms with Gasteiger partial charge in [0.25, 0.3) is 11.5 Å². The molecule has 0 saturated carbocycles. The molecule has 0 aliphatic carbocycles. The second kappa shape index (κ2) is 7.72. The first kappa shape index (κ1) is 18.6. The fourth-order valence-electron chi connectivity index (χ4n) is 3.53. The van der Waals surface area contributed by atoms with E-state index in [1.165, 1.54) is 12.1 Å². The number of anilines is 1. The first-order chi connectivity index (χ1) is 13.5. The number of amides is 1. The van der Waals surface area contributed by atoms with Crippen LogP contribution in [0.2, 0.25) is 5.02 Å². The summed E-state index contributed by atoms with van der Waals surface area (Å²) in [4.78, 5) is 30.1. The molecule has 3 aromatic rings. The molecule has 0 bridgehead atoms. The summed E-state index contributed by atoms with van der Waals surface area (Å²) in [6.07, 6.45) is 4.94. The molecule has 0 saturated heterocycles. The van der Waals surface area contributed by atoms with Crippen LogP contribution in [0.5, 0.6) is 0 Å². The Morgan fingerprint density at radius 2 is 1.96 bits per heavy atom. The lowest BCUT2D eigenvalue weighted by molar-refractivity contribution is 0.102. The average molecular weight is 400 g/mol. The number of hydrogen-bond acceptors (Lipinski definition) is 3. The van der Waals surface area contributed by atoms with Crippen LogP contribution >= 0.6 is 11.6 Å².